The average molecular weight is 292 g/mol. The zero-order valence-electron chi connectivity index (χ0n) is 9.09. The van der Waals surface area contributed by atoms with Crippen LogP contribution >= 0.6 is 11.6 Å². The van der Waals surface area contributed by atoms with Crippen LogP contribution in [0.15, 0.2) is 23.1 Å². The lowest BCUT2D eigenvalue weighted by Crippen LogP contribution is -2.17. The highest BCUT2D eigenvalue weighted by atomic mass is 35.5. The van der Waals surface area contributed by atoms with Crippen LogP contribution in [0.4, 0.5) is 0 Å². The second-order valence-corrected chi connectivity index (χ2v) is 5.97. The van der Waals surface area contributed by atoms with E-state index in [1.165, 1.54) is 12.1 Å². The van der Waals surface area contributed by atoms with Gasteiger partial charge in [0.1, 0.15) is 0 Å². The molecule has 98 valence electrons. The molecule has 8 heteroatoms. The first kappa shape index (κ1) is 14.5. The minimum absolute atomic E-state index is 0.0931. The first-order valence-corrected chi connectivity index (χ1v) is 6.81. The van der Waals surface area contributed by atoms with Crippen molar-refractivity contribution in [2.24, 2.45) is 5.73 Å². The maximum Gasteiger partial charge on any atom is 0.335 e. The van der Waals surface area contributed by atoms with Crippen LogP contribution in [0.25, 0.3) is 0 Å². The smallest absolute Gasteiger partial charge is 0.335 e. The molecule has 0 aliphatic carbocycles. The van der Waals surface area contributed by atoms with Crippen LogP contribution in [0.2, 0.25) is 5.02 Å². The molecule has 0 aromatic heterocycles. The summed E-state index contributed by atoms with van der Waals surface area (Å²) in [5.41, 5.74) is 4.67. The maximum absolute atomic E-state index is 11.8. The van der Waals surface area contributed by atoms with Gasteiger partial charge in [0.15, 0.2) is 9.84 Å². The van der Waals surface area contributed by atoms with Gasteiger partial charge in [0, 0.05) is 6.42 Å². The number of aromatic carboxylic acids is 1. The Bertz CT molecular complexity index is 596. The Kier molecular flexibility index (Phi) is 4.31. The van der Waals surface area contributed by atoms with Gasteiger partial charge < -0.3 is 10.8 Å². The van der Waals surface area contributed by atoms with Crippen LogP contribution in [0.5, 0.6) is 0 Å². The topological polar surface area (TPSA) is 115 Å². The fourth-order valence-corrected chi connectivity index (χ4v) is 3.05. The van der Waals surface area contributed by atoms with E-state index >= 15 is 0 Å². The number of hydrogen-bond donors (Lipinski definition) is 2. The van der Waals surface area contributed by atoms with E-state index in [4.69, 9.17) is 22.4 Å². The van der Waals surface area contributed by atoms with Gasteiger partial charge in [0.25, 0.3) is 0 Å². The fourth-order valence-electron chi connectivity index (χ4n) is 1.22. The number of amides is 1. The van der Waals surface area contributed by atoms with Gasteiger partial charge >= 0.3 is 5.97 Å². The Balaban J connectivity index is 3.18. The first-order chi connectivity index (χ1) is 8.24. The molecule has 0 heterocycles. The summed E-state index contributed by atoms with van der Waals surface area (Å²) in [6.45, 7) is 0. The summed E-state index contributed by atoms with van der Waals surface area (Å²) in [4.78, 5) is 21.0. The maximum atomic E-state index is 11.8. The molecular formula is C10H10ClNO5S. The number of carbonyl (C=O) groups is 2. The summed E-state index contributed by atoms with van der Waals surface area (Å²) in [7, 11) is -3.84. The third-order valence-corrected chi connectivity index (χ3v) is 4.32. The monoisotopic (exact) mass is 291 g/mol. The Labute approximate surface area is 108 Å². The Morgan fingerprint density at radius 1 is 1.33 bits per heavy atom. The second-order valence-electron chi connectivity index (χ2n) is 3.49. The van der Waals surface area contributed by atoms with Crippen LogP contribution in [0, 0.1) is 0 Å². The number of carbonyl (C=O) groups excluding carboxylic acids is 1. The number of sulfone groups is 1. The number of carboxylic acid groups (broad SMARTS) is 1. The summed E-state index contributed by atoms with van der Waals surface area (Å²) in [6, 6.07) is 3.33. The van der Waals surface area contributed by atoms with Crippen molar-refractivity contribution < 1.29 is 23.1 Å². The van der Waals surface area contributed by atoms with E-state index in [9.17, 15) is 18.0 Å². The normalized spacial score (nSPS) is 11.2. The molecule has 0 fully saturated rings. The third-order valence-electron chi connectivity index (χ3n) is 2.13. The largest absolute Gasteiger partial charge is 0.478 e. The number of hydrogen-bond acceptors (Lipinski definition) is 4. The molecule has 0 spiro atoms. The highest BCUT2D eigenvalue weighted by Crippen LogP contribution is 2.24. The Hall–Kier alpha value is -1.60. The molecule has 0 aliphatic heterocycles. The van der Waals surface area contributed by atoms with Crippen molar-refractivity contribution in [3.8, 4) is 0 Å². The average Bonchev–Trinajstić information content (AvgIpc) is 2.26. The van der Waals surface area contributed by atoms with Gasteiger partial charge in [-0.15, -0.1) is 0 Å². The molecule has 18 heavy (non-hydrogen) atoms. The van der Waals surface area contributed by atoms with Crippen molar-refractivity contribution in [2.75, 3.05) is 5.75 Å². The molecule has 6 nitrogen and oxygen atoms in total. The van der Waals surface area contributed by atoms with Gasteiger partial charge in [-0.2, -0.15) is 0 Å². The number of halogens is 1. The SMILES string of the molecule is NC(=O)CCS(=O)(=O)c1cc(C(=O)O)ccc1Cl. The van der Waals surface area contributed by atoms with Crippen LogP contribution in [0.1, 0.15) is 16.8 Å². The summed E-state index contributed by atoms with van der Waals surface area (Å²) in [6.07, 6.45) is -0.351. The fraction of sp³-hybridized carbons (Fsp3) is 0.200. The quantitative estimate of drug-likeness (QED) is 0.828. The molecule has 1 aromatic rings. The number of benzene rings is 1. The molecule has 0 bridgehead atoms. The molecule has 0 unspecified atom stereocenters. The predicted molar refractivity (Wildman–Crippen MR) is 64.3 cm³/mol. The highest BCUT2D eigenvalue weighted by Gasteiger charge is 2.20. The van der Waals surface area contributed by atoms with Gasteiger partial charge in [-0.1, -0.05) is 11.6 Å². The van der Waals surface area contributed by atoms with Gasteiger partial charge in [0.05, 0.1) is 21.2 Å². The number of carboxylic acids is 1. The van der Waals surface area contributed by atoms with Crippen LogP contribution < -0.4 is 5.73 Å². The predicted octanol–water partition coefficient (Wildman–Crippen LogP) is 0.687. The van der Waals surface area contributed by atoms with Crippen molar-refractivity contribution in [3.63, 3.8) is 0 Å². The van der Waals surface area contributed by atoms with Crippen LogP contribution in [0.3, 0.4) is 0 Å². The number of primary amides is 1. The number of rotatable bonds is 5. The van der Waals surface area contributed by atoms with Crippen LogP contribution in [-0.2, 0) is 14.6 Å². The molecule has 0 radical (unpaired) electrons. The van der Waals surface area contributed by atoms with E-state index in [0.717, 1.165) is 6.07 Å². The van der Waals surface area contributed by atoms with E-state index in [0.29, 0.717) is 0 Å². The van der Waals surface area contributed by atoms with Crippen molar-refractivity contribution in [1.29, 1.82) is 0 Å². The molecule has 0 atom stereocenters. The Morgan fingerprint density at radius 2 is 1.94 bits per heavy atom. The van der Waals surface area contributed by atoms with Crippen molar-refractivity contribution in [2.45, 2.75) is 11.3 Å². The molecule has 1 aromatic carbocycles. The van der Waals surface area contributed by atoms with Gasteiger partial charge in [0.2, 0.25) is 5.91 Å². The minimum Gasteiger partial charge on any atom is -0.478 e. The van der Waals surface area contributed by atoms with Gasteiger partial charge in [-0.25, -0.2) is 13.2 Å². The summed E-state index contributed by atoms with van der Waals surface area (Å²) in [5, 5.41) is 8.68. The first-order valence-electron chi connectivity index (χ1n) is 4.78. The van der Waals surface area contributed by atoms with E-state index in [-0.39, 0.29) is 21.9 Å². The standard InChI is InChI=1S/C10H10ClNO5S/c11-7-2-1-6(10(14)15)5-8(7)18(16,17)4-3-9(12)13/h1-2,5H,3-4H2,(H2,12,13)(H,14,15). The summed E-state index contributed by atoms with van der Waals surface area (Å²) < 4.78 is 23.7. The molecule has 1 rings (SSSR count). The molecule has 0 saturated heterocycles. The Morgan fingerprint density at radius 3 is 2.44 bits per heavy atom. The lowest BCUT2D eigenvalue weighted by molar-refractivity contribution is -0.117. The lowest BCUT2D eigenvalue weighted by atomic mass is 10.2. The minimum atomic E-state index is -3.84. The van der Waals surface area contributed by atoms with Gasteiger partial charge in [-0.05, 0) is 18.2 Å². The van der Waals surface area contributed by atoms with Gasteiger partial charge in [-0.3, -0.25) is 4.79 Å². The molecular weight excluding hydrogens is 282 g/mol. The van der Waals surface area contributed by atoms with E-state index in [1.807, 2.05) is 0 Å². The second kappa shape index (κ2) is 5.36. The molecule has 3 N–H and O–H groups in total. The summed E-state index contributed by atoms with van der Waals surface area (Å²) in [5.74, 6) is -2.53. The molecule has 0 saturated carbocycles. The summed E-state index contributed by atoms with van der Waals surface area (Å²) >= 11 is 5.71. The van der Waals surface area contributed by atoms with E-state index in [2.05, 4.69) is 0 Å². The van der Waals surface area contributed by atoms with E-state index < -0.39 is 27.5 Å². The zero-order valence-corrected chi connectivity index (χ0v) is 10.7. The highest BCUT2D eigenvalue weighted by molar-refractivity contribution is 7.91. The lowest BCUT2D eigenvalue weighted by Gasteiger charge is -2.06. The van der Waals surface area contributed by atoms with Crippen molar-refractivity contribution in [3.05, 3.63) is 28.8 Å². The molecule has 1 amide bonds. The third kappa shape index (κ3) is 3.44. The van der Waals surface area contributed by atoms with E-state index in [1.54, 1.807) is 0 Å². The number of nitrogens with two attached hydrogens (primary N) is 1. The van der Waals surface area contributed by atoms with Crippen LogP contribution in [-0.4, -0.2) is 31.2 Å². The van der Waals surface area contributed by atoms with Crippen molar-refractivity contribution >= 4 is 33.3 Å². The zero-order chi connectivity index (χ0) is 13.9. The molecule has 0 aliphatic rings. The van der Waals surface area contributed by atoms with Crippen molar-refractivity contribution in [1.82, 2.24) is 0 Å².